The van der Waals surface area contributed by atoms with Gasteiger partial charge in [-0.3, -0.25) is 9.59 Å². The van der Waals surface area contributed by atoms with Gasteiger partial charge in [0.25, 0.3) is 13.9 Å². The quantitative estimate of drug-likeness (QED) is 0.115. The molecule has 1 fully saturated rings. The number of epoxide rings is 1. The Morgan fingerprint density at radius 3 is 1.95 bits per heavy atom. The SMILES string of the molecule is CO[C@@](C(=O)O[C@@H]1C(=O)/C(C(C)C)=C/[C@@H]2O[C@]2(C)CC/C=C(/CO[Si](c2ccccc2)(c2ccccc2)C(C)(C)C)C(=O)CC[C@H]1C)(c1ccccc1)C(F)(F)F. The van der Waals surface area contributed by atoms with Crippen LogP contribution in [0.3, 0.4) is 0 Å². The summed E-state index contributed by atoms with van der Waals surface area (Å²) >= 11 is 0. The van der Waals surface area contributed by atoms with Gasteiger partial charge in [-0.2, -0.15) is 13.2 Å². The summed E-state index contributed by atoms with van der Waals surface area (Å²) in [5.41, 5.74) is -3.90. The van der Waals surface area contributed by atoms with Crippen LogP contribution in [0.4, 0.5) is 13.2 Å². The first kappa shape index (κ1) is 43.9. The summed E-state index contributed by atoms with van der Waals surface area (Å²) < 4.78 is 68.8. The first-order valence-corrected chi connectivity index (χ1v) is 21.5. The molecule has 0 unspecified atom stereocenters. The van der Waals surface area contributed by atoms with Gasteiger partial charge in [0.1, 0.15) is 6.10 Å². The summed E-state index contributed by atoms with van der Waals surface area (Å²) in [4.78, 5) is 42.7. The van der Waals surface area contributed by atoms with Gasteiger partial charge in [-0.15, -0.1) is 0 Å². The van der Waals surface area contributed by atoms with Crippen molar-refractivity contribution in [1.82, 2.24) is 0 Å². The van der Waals surface area contributed by atoms with Crippen molar-refractivity contribution in [2.75, 3.05) is 13.7 Å². The third-order valence-electron chi connectivity index (χ3n) is 11.4. The maximum Gasteiger partial charge on any atom is 0.432 e. The van der Waals surface area contributed by atoms with Gasteiger partial charge in [-0.05, 0) is 53.6 Å². The van der Waals surface area contributed by atoms with Crippen LogP contribution in [0.25, 0.3) is 0 Å². The number of halogens is 3. The summed E-state index contributed by atoms with van der Waals surface area (Å²) in [5.74, 6) is -3.86. The Balaban J connectivity index is 1.52. The molecule has 7 nitrogen and oxygen atoms in total. The van der Waals surface area contributed by atoms with E-state index in [1.807, 2.05) is 49.4 Å². The summed E-state index contributed by atoms with van der Waals surface area (Å²) in [6.07, 6.45) is -2.72. The molecule has 5 rings (SSSR count). The lowest BCUT2D eigenvalue weighted by atomic mass is 9.85. The number of ketones is 2. The van der Waals surface area contributed by atoms with Gasteiger partial charge in [0.2, 0.25) is 0 Å². The molecule has 306 valence electrons. The van der Waals surface area contributed by atoms with Crippen molar-refractivity contribution in [3.05, 3.63) is 120 Å². The van der Waals surface area contributed by atoms with Crippen molar-refractivity contribution in [1.29, 1.82) is 0 Å². The minimum Gasteiger partial charge on any atom is -0.451 e. The van der Waals surface area contributed by atoms with Crippen LogP contribution >= 0.6 is 0 Å². The van der Waals surface area contributed by atoms with Crippen LogP contribution < -0.4 is 10.4 Å². The van der Waals surface area contributed by atoms with Crippen LogP contribution in [-0.4, -0.2) is 63.6 Å². The summed E-state index contributed by atoms with van der Waals surface area (Å²) in [6.45, 7) is 13.6. The molecular formula is C46H55F3O7Si. The number of hydrogen-bond donors (Lipinski definition) is 0. The van der Waals surface area contributed by atoms with Crippen LogP contribution in [0.1, 0.15) is 79.7 Å². The van der Waals surface area contributed by atoms with E-state index in [0.29, 0.717) is 18.4 Å². The number of Topliss-reactive ketones (excluding diaryl/α,β-unsaturated/α-hetero) is 2. The number of carbonyl (C=O) groups excluding carboxylic acids is 3. The Hall–Kier alpha value is -4.16. The van der Waals surface area contributed by atoms with Crippen LogP contribution in [-0.2, 0) is 38.6 Å². The highest BCUT2D eigenvalue weighted by Gasteiger charge is 2.65. The Morgan fingerprint density at radius 2 is 1.46 bits per heavy atom. The van der Waals surface area contributed by atoms with Gasteiger partial charge in [0.15, 0.2) is 17.7 Å². The van der Waals surface area contributed by atoms with E-state index in [2.05, 4.69) is 45.0 Å². The number of allylic oxidation sites excluding steroid dienone is 1. The van der Waals surface area contributed by atoms with E-state index in [0.717, 1.165) is 29.6 Å². The first-order valence-electron chi connectivity index (χ1n) is 19.6. The number of fused-ring (bicyclic) bond motifs is 1. The minimum atomic E-state index is -5.24. The number of alkyl halides is 3. The Kier molecular flexibility index (Phi) is 13.4. The monoisotopic (exact) mass is 804 g/mol. The summed E-state index contributed by atoms with van der Waals surface area (Å²) in [6, 6.07) is 26.7. The average Bonchev–Trinajstić information content (AvgIpc) is 3.82. The predicted octanol–water partition coefficient (Wildman–Crippen LogP) is 8.59. The highest BCUT2D eigenvalue weighted by atomic mass is 28.4. The van der Waals surface area contributed by atoms with Gasteiger partial charge in [-0.1, -0.05) is 139 Å². The zero-order valence-corrected chi connectivity index (χ0v) is 35.2. The molecule has 0 amide bonds. The predicted molar refractivity (Wildman–Crippen MR) is 217 cm³/mol. The molecule has 1 aliphatic heterocycles. The van der Waals surface area contributed by atoms with E-state index < -0.39 is 61.1 Å². The maximum absolute atomic E-state index is 15.0. The number of ether oxygens (including phenoxy) is 3. The Morgan fingerprint density at radius 1 is 0.912 bits per heavy atom. The number of esters is 1. The number of carbonyl (C=O) groups is 3. The Labute approximate surface area is 335 Å². The lowest BCUT2D eigenvalue weighted by Crippen LogP contribution is -2.66. The second-order valence-electron chi connectivity index (χ2n) is 16.7. The summed E-state index contributed by atoms with van der Waals surface area (Å²) in [5, 5.41) is 1.78. The molecule has 0 saturated carbocycles. The number of methoxy groups -OCH3 is 1. The molecule has 0 N–H and O–H groups in total. The molecule has 11 heteroatoms. The fraction of sp³-hybridized carbons (Fsp3) is 0.457. The van der Waals surface area contributed by atoms with Gasteiger partial charge < -0.3 is 18.6 Å². The van der Waals surface area contributed by atoms with Crippen molar-refractivity contribution < 1.29 is 46.2 Å². The van der Waals surface area contributed by atoms with Gasteiger partial charge in [-0.25, -0.2) is 4.79 Å². The molecule has 3 aromatic carbocycles. The normalized spacial score (nSPS) is 25.6. The zero-order chi connectivity index (χ0) is 41.8. The fourth-order valence-corrected chi connectivity index (χ4v) is 12.5. The molecule has 5 atom stereocenters. The first-order chi connectivity index (χ1) is 26.8. The van der Waals surface area contributed by atoms with Crippen molar-refractivity contribution in [2.45, 2.75) is 109 Å². The molecule has 1 heterocycles. The molecule has 3 aromatic rings. The van der Waals surface area contributed by atoms with E-state index in [1.54, 1.807) is 26.8 Å². The topological polar surface area (TPSA) is 91.4 Å². The average molecular weight is 805 g/mol. The van der Waals surface area contributed by atoms with Crippen LogP contribution in [0.2, 0.25) is 5.04 Å². The third kappa shape index (κ3) is 8.97. The highest BCUT2D eigenvalue weighted by Crippen LogP contribution is 2.45. The van der Waals surface area contributed by atoms with Crippen LogP contribution in [0.15, 0.2) is 114 Å². The highest BCUT2D eigenvalue weighted by molar-refractivity contribution is 6.99. The smallest absolute Gasteiger partial charge is 0.432 e. The number of benzene rings is 3. The van der Waals surface area contributed by atoms with E-state index in [9.17, 15) is 27.6 Å². The lowest BCUT2D eigenvalue weighted by Gasteiger charge is -2.43. The van der Waals surface area contributed by atoms with E-state index in [4.69, 9.17) is 18.6 Å². The Bertz CT molecular complexity index is 1900. The van der Waals surface area contributed by atoms with Crippen molar-refractivity contribution in [3.63, 3.8) is 0 Å². The van der Waals surface area contributed by atoms with Crippen molar-refractivity contribution in [2.24, 2.45) is 11.8 Å². The zero-order valence-electron chi connectivity index (χ0n) is 34.2. The molecule has 0 radical (unpaired) electrons. The van der Waals surface area contributed by atoms with Gasteiger partial charge in [0.05, 0.1) is 12.2 Å². The second kappa shape index (κ2) is 17.4. The van der Waals surface area contributed by atoms with Crippen molar-refractivity contribution in [3.8, 4) is 0 Å². The lowest BCUT2D eigenvalue weighted by molar-refractivity contribution is -0.278. The van der Waals surface area contributed by atoms with Crippen LogP contribution in [0.5, 0.6) is 0 Å². The molecule has 1 aliphatic carbocycles. The standard InChI is InChI=1S/C46H55F3O7Si/c1-31(2)37-29-39-44(7,56-39)28-18-19-33(30-54-57(43(4,5)6,35-22-14-10-15-23-35)36-24-16-11-17-25-36)38(50)27-26-32(3)41(40(37)51)55-42(52)45(53-8,46(47,48)49)34-20-12-9-13-21-34/h9-17,19-25,29,31-32,39,41H,18,26-28,30H2,1-8H3/b33-19-,37-29+/t32-,39+,41+,44-,45-/m1/s1. The van der Waals surface area contributed by atoms with Crippen molar-refractivity contribution >= 4 is 36.2 Å². The minimum absolute atomic E-state index is 0.0231. The van der Waals surface area contributed by atoms with Gasteiger partial charge >= 0.3 is 12.1 Å². The van der Waals surface area contributed by atoms with Gasteiger partial charge in [0, 0.05) is 36.2 Å². The molecule has 2 aliphatic rings. The molecule has 0 bridgehead atoms. The number of hydrogen-bond acceptors (Lipinski definition) is 7. The fourth-order valence-electron chi connectivity index (χ4n) is 7.97. The maximum atomic E-state index is 15.0. The van der Waals surface area contributed by atoms with Crippen LogP contribution in [0, 0.1) is 11.8 Å². The molecule has 1 saturated heterocycles. The van der Waals surface area contributed by atoms with E-state index in [-0.39, 0.29) is 41.8 Å². The summed E-state index contributed by atoms with van der Waals surface area (Å²) in [7, 11) is -2.25. The largest absolute Gasteiger partial charge is 0.451 e. The second-order valence-corrected chi connectivity index (χ2v) is 21.0. The third-order valence-corrected chi connectivity index (χ3v) is 16.4. The number of rotatable bonds is 10. The molecule has 0 aromatic heterocycles. The van der Waals surface area contributed by atoms with E-state index in [1.165, 1.54) is 18.2 Å². The molecule has 57 heavy (non-hydrogen) atoms. The molecule has 0 spiro atoms. The van der Waals surface area contributed by atoms with E-state index >= 15 is 0 Å². The molecular weight excluding hydrogens is 750 g/mol.